The maximum atomic E-state index is 13.7. The van der Waals surface area contributed by atoms with Crippen molar-refractivity contribution in [2.45, 2.75) is 75.4 Å². The number of alkyl halides is 3. The highest BCUT2D eigenvalue weighted by atomic mass is 35.6. The third kappa shape index (κ3) is 9.79. The first-order valence-corrected chi connectivity index (χ1v) is 16.8. The summed E-state index contributed by atoms with van der Waals surface area (Å²) in [5.74, 6) is -2.74. The molecule has 2 saturated heterocycles. The van der Waals surface area contributed by atoms with Gasteiger partial charge in [0.15, 0.2) is 6.10 Å². The van der Waals surface area contributed by atoms with Gasteiger partial charge in [0.1, 0.15) is 24.1 Å². The number of hydrogen-bond donors (Lipinski definition) is 2. The van der Waals surface area contributed by atoms with Crippen LogP contribution in [0.3, 0.4) is 0 Å². The van der Waals surface area contributed by atoms with Gasteiger partial charge >= 0.3 is 11.9 Å². The molecule has 0 spiro atoms. The van der Waals surface area contributed by atoms with Gasteiger partial charge in [-0.25, -0.2) is 5.43 Å². The average molecular weight is 712 g/mol. The minimum absolute atomic E-state index is 0.112. The summed E-state index contributed by atoms with van der Waals surface area (Å²) in [6.07, 6.45) is 4.60. The Bertz CT molecular complexity index is 1490. The Balaban J connectivity index is 1.40. The van der Waals surface area contributed by atoms with Crippen molar-refractivity contribution in [2.24, 2.45) is 11.3 Å². The Morgan fingerprint density at radius 2 is 1.94 bits per heavy atom. The van der Waals surface area contributed by atoms with Gasteiger partial charge in [0.05, 0.1) is 12.1 Å². The van der Waals surface area contributed by atoms with Gasteiger partial charge in [-0.15, -0.1) is 0 Å². The second-order valence-corrected chi connectivity index (χ2v) is 14.8. The third-order valence-electron chi connectivity index (χ3n) is 8.13. The lowest BCUT2D eigenvalue weighted by Crippen LogP contribution is -2.60. The Labute approximate surface area is 289 Å². The van der Waals surface area contributed by atoms with Crippen molar-refractivity contribution in [2.75, 3.05) is 26.4 Å². The number of nitrogens with zero attached hydrogens (tertiary/aromatic N) is 2. The zero-order chi connectivity index (χ0) is 34.4. The predicted octanol–water partition coefficient (Wildman–Crippen LogP) is 4.70. The second kappa shape index (κ2) is 16.0. The maximum Gasteiger partial charge on any atom is 0.325 e. The molecule has 11 nitrogen and oxygen atoms in total. The number of ether oxygens (including phenoxy) is 3. The molecule has 0 saturated carbocycles. The van der Waals surface area contributed by atoms with Crippen LogP contribution in [0.5, 0.6) is 0 Å². The Morgan fingerprint density at radius 1 is 1.19 bits per heavy atom. The molecule has 0 bridgehead atoms. The highest BCUT2D eigenvalue weighted by molar-refractivity contribution is 6.67. The summed E-state index contributed by atoms with van der Waals surface area (Å²) < 4.78 is 14.8. The number of nitrogens with one attached hydrogen (secondary N) is 2. The number of carbonyl (C=O) groups is 4. The Morgan fingerprint density at radius 3 is 2.60 bits per heavy atom. The van der Waals surface area contributed by atoms with Gasteiger partial charge in [0, 0.05) is 24.2 Å². The van der Waals surface area contributed by atoms with Gasteiger partial charge < -0.3 is 19.5 Å². The molecule has 4 atom stereocenters. The van der Waals surface area contributed by atoms with Crippen LogP contribution in [-0.4, -0.2) is 82.1 Å². The third-order valence-corrected chi connectivity index (χ3v) is 8.46. The highest BCUT2D eigenvalue weighted by Crippen LogP contribution is 2.34. The molecule has 1 aromatic heterocycles. The zero-order valence-corrected chi connectivity index (χ0v) is 29.2. The van der Waals surface area contributed by atoms with E-state index in [2.05, 4.69) is 17.7 Å². The Hall–Kier alpha value is -2.96. The van der Waals surface area contributed by atoms with Crippen LogP contribution in [0.2, 0.25) is 0 Å². The van der Waals surface area contributed by atoms with E-state index in [0.29, 0.717) is 32.4 Å². The maximum absolute atomic E-state index is 13.7. The number of amides is 2. The number of aromatic nitrogens is 1. The molecule has 2 N–H and O–H groups in total. The molecule has 2 aromatic rings. The standard InChI is InChI=1S/C33H41Cl3N4O7/c1-5-24-11-10-23-9-8-22(17-26(23)38-24)12-13-32(14-16-45-18-32)31(44)47-27(20(2)3)28(41)37-21(4)29(42)40-15-6-7-25(39-40)30(43)46-19-33(34,35)36/h8-13,17,20-21,25,27,39H,5-7,14-16,18-19H2,1-4H3,(H,37,41)/b13-12+. The molecule has 3 heterocycles. The van der Waals surface area contributed by atoms with E-state index in [1.165, 1.54) is 11.9 Å². The lowest BCUT2D eigenvalue weighted by atomic mass is 9.86. The molecule has 14 heteroatoms. The number of aryl methyl sites for hydroxylation is 1. The minimum atomic E-state index is -1.76. The van der Waals surface area contributed by atoms with Crippen LogP contribution < -0.4 is 10.7 Å². The summed E-state index contributed by atoms with van der Waals surface area (Å²) in [6, 6.07) is 8.13. The number of esters is 2. The van der Waals surface area contributed by atoms with E-state index in [1.807, 2.05) is 36.4 Å². The van der Waals surface area contributed by atoms with Crippen LogP contribution in [0.25, 0.3) is 17.0 Å². The van der Waals surface area contributed by atoms with E-state index in [-0.39, 0.29) is 6.61 Å². The number of rotatable bonds is 11. The number of hydrazine groups is 1. The molecule has 4 unspecified atom stereocenters. The minimum Gasteiger partial charge on any atom is -0.460 e. The smallest absolute Gasteiger partial charge is 0.325 e. The van der Waals surface area contributed by atoms with Crippen LogP contribution in [0.1, 0.15) is 58.2 Å². The van der Waals surface area contributed by atoms with Crippen molar-refractivity contribution >= 4 is 75.5 Å². The van der Waals surface area contributed by atoms with Gasteiger partial charge in [-0.05, 0) is 56.2 Å². The van der Waals surface area contributed by atoms with Gasteiger partial charge in [0.25, 0.3) is 11.8 Å². The van der Waals surface area contributed by atoms with Crippen LogP contribution in [0.15, 0.2) is 36.4 Å². The molecular weight excluding hydrogens is 671 g/mol. The molecule has 2 fully saturated rings. The average Bonchev–Trinajstić information content (AvgIpc) is 3.54. The summed E-state index contributed by atoms with van der Waals surface area (Å²) in [4.78, 5) is 57.4. The largest absolute Gasteiger partial charge is 0.460 e. The van der Waals surface area contributed by atoms with Gasteiger partial charge in [-0.2, -0.15) is 0 Å². The monoisotopic (exact) mass is 710 g/mol. The van der Waals surface area contributed by atoms with E-state index < -0.39 is 63.7 Å². The Kier molecular flexibility index (Phi) is 12.5. The van der Waals surface area contributed by atoms with E-state index in [0.717, 1.165) is 28.6 Å². The van der Waals surface area contributed by atoms with Crippen molar-refractivity contribution in [1.29, 1.82) is 0 Å². The van der Waals surface area contributed by atoms with Gasteiger partial charge in [-0.1, -0.05) is 85.9 Å². The SMILES string of the molecule is CCc1ccc2ccc(/C=C/C3(C(=O)OC(C(=O)NC(C)C(=O)N4CCCC(C(=O)OCC(Cl)(Cl)Cl)N4)C(C)C)CCOC3)cc2n1. The number of hydrogen-bond acceptors (Lipinski definition) is 9. The van der Waals surface area contributed by atoms with Crippen molar-refractivity contribution in [3.63, 3.8) is 0 Å². The summed E-state index contributed by atoms with van der Waals surface area (Å²) in [5, 5.41) is 4.95. The molecule has 256 valence electrons. The first kappa shape index (κ1) is 36.9. The summed E-state index contributed by atoms with van der Waals surface area (Å²) in [7, 11) is 0. The van der Waals surface area contributed by atoms with Crippen LogP contribution >= 0.6 is 34.8 Å². The molecule has 2 aliphatic heterocycles. The highest BCUT2D eigenvalue weighted by Gasteiger charge is 2.44. The lowest BCUT2D eigenvalue weighted by molar-refractivity contribution is -0.166. The number of fused-ring (bicyclic) bond motifs is 1. The molecule has 47 heavy (non-hydrogen) atoms. The molecular formula is C33H41Cl3N4O7. The van der Waals surface area contributed by atoms with Crippen molar-refractivity contribution in [1.82, 2.24) is 20.7 Å². The normalized spacial score (nSPS) is 21.5. The van der Waals surface area contributed by atoms with Gasteiger partial charge in [0.2, 0.25) is 3.79 Å². The number of halogens is 3. The lowest BCUT2D eigenvalue weighted by Gasteiger charge is -2.35. The number of pyridine rings is 1. The molecule has 2 aliphatic rings. The number of benzene rings is 1. The molecule has 1 aromatic carbocycles. The van der Waals surface area contributed by atoms with E-state index in [4.69, 9.17) is 54.0 Å². The zero-order valence-electron chi connectivity index (χ0n) is 26.9. The van der Waals surface area contributed by atoms with Crippen molar-refractivity contribution < 1.29 is 33.4 Å². The first-order valence-electron chi connectivity index (χ1n) is 15.7. The quantitative estimate of drug-likeness (QED) is 0.251. The summed E-state index contributed by atoms with van der Waals surface area (Å²) >= 11 is 17.0. The van der Waals surface area contributed by atoms with Crippen LogP contribution in [0, 0.1) is 11.3 Å². The molecule has 4 rings (SSSR count). The molecule has 2 amide bonds. The topological polar surface area (TPSA) is 136 Å². The predicted molar refractivity (Wildman–Crippen MR) is 179 cm³/mol. The van der Waals surface area contributed by atoms with E-state index in [9.17, 15) is 19.2 Å². The molecule has 0 radical (unpaired) electrons. The van der Waals surface area contributed by atoms with Crippen LogP contribution in [-0.2, 0) is 39.8 Å². The fourth-order valence-corrected chi connectivity index (χ4v) is 5.52. The fraction of sp³-hybridized carbons (Fsp3) is 0.545. The summed E-state index contributed by atoms with van der Waals surface area (Å²) in [6.45, 7) is 7.42. The van der Waals surface area contributed by atoms with Gasteiger partial charge in [-0.3, -0.25) is 29.2 Å². The second-order valence-electron chi connectivity index (χ2n) is 12.2. The first-order chi connectivity index (χ1) is 22.2. The van der Waals surface area contributed by atoms with E-state index >= 15 is 0 Å². The van der Waals surface area contributed by atoms with Crippen LogP contribution in [0.4, 0.5) is 0 Å². The fourth-order valence-electron chi connectivity index (χ4n) is 5.36. The van der Waals surface area contributed by atoms with Crippen molar-refractivity contribution in [3.8, 4) is 0 Å². The number of carbonyl (C=O) groups excluding carboxylic acids is 4. The van der Waals surface area contributed by atoms with Crippen molar-refractivity contribution in [3.05, 3.63) is 47.7 Å². The summed E-state index contributed by atoms with van der Waals surface area (Å²) in [5.41, 5.74) is 4.47. The molecule has 0 aliphatic carbocycles. The van der Waals surface area contributed by atoms with E-state index in [1.54, 1.807) is 19.9 Å².